The van der Waals surface area contributed by atoms with Gasteiger partial charge in [0.1, 0.15) is 6.04 Å². The molecule has 2 N–H and O–H groups in total. The third-order valence-corrected chi connectivity index (χ3v) is 4.45. The molecule has 1 fully saturated rings. The van der Waals surface area contributed by atoms with Crippen molar-refractivity contribution in [2.75, 3.05) is 32.7 Å². The average Bonchev–Trinajstić information content (AvgIpc) is 3.04. The topological polar surface area (TPSA) is 70.4 Å². The first-order valence-corrected chi connectivity index (χ1v) is 8.69. The molecule has 0 radical (unpaired) electrons. The number of oxazole rings is 1. The van der Waals surface area contributed by atoms with Crippen molar-refractivity contribution < 1.29 is 22.4 Å². The number of benzene rings is 1. The number of hydrogen-bond acceptors (Lipinski definition) is 5. The van der Waals surface area contributed by atoms with Crippen LogP contribution in [0.1, 0.15) is 16.2 Å². The Hall–Kier alpha value is -2.39. The van der Waals surface area contributed by atoms with Gasteiger partial charge in [0.05, 0.1) is 5.69 Å². The molecule has 2 heterocycles. The molecule has 0 spiro atoms. The Morgan fingerprint density at radius 1 is 1.30 bits per heavy atom. The zero-order valence-electron chi connectivity index (χ0n) is 14.8. The van der Waals surface area contributed by atoms with E-state index in [-0.39, 0.29) is 24.7 Å². The molecule has 2 aromatic rings. The number of alkyl halides is 3. The van der Waals surface area contributed by atoms with Gasteiger partial charge in [-0.2, -0.15) is 13.2 Å². The lowest BCUT2D eigenvalue weighted by Crippen LogP contribution is -2.57. The molecule has 3 rings (SSSR count). The van der Waals surface area contributed by atoms with Crippen molar-refractivity contribution in [3.8, 4) is 11.5 Å². The van der Waals surface area contributed by atoms with Crippen molar-refractivity contribution in [3.05, 3.63) is 41.8 Å². The van der Waals surface area contributed by atoms with Crippen LogP contribution in [0.15, 0.2) is 34.7 Å². The van der Waals surface area contributed by atoms with Gasteiger partial charge in [-0.15, -0.1) is 0 Å². The number of piperazine rings is 1. The highest BCUT2D eigenvalue weighted by Crippen LogP contribution is 2.25. The van der Waals surface area contributed by atoms with E-state index in [1.54, 1.807) is 31.2 Å². The van der Waals surface area contributed by atoms with Crippen molar-refractivity contribution in [2.24, 2.45) is 0 Å². The summed E-state index contributed by atoms with van der Waals surface area (Å²) in [6.07, 6.45) is -4.43. The van der Waals surface area contributed by atoms with E-state index in [1.165, 1.54) is 4.90 Å². The standard InChI is InChI=1S/C18H21F3N4O2/c1-12-15(27-17(24-12)13-5-3-2-4-6-13)16(26)23-11-14(18(19,20)21)25-9-7-22-8-10-25/h2-6,14,22H,7-11H2,1H3,(H,23,26). The summed E-state index contributed by atoms with van der Waals surface area (Å²) in [5.74, 6) is -0.519. The summed E-state index contributed by atoms with van der Waals surface area (Å²) in [4.78, 5) is 17.9. The van der Waals surface area contributed by atoms with E-state index in [0.717, 1.165) is 0 Å². The third kappa shape index (κ3) is 4.67. The second-order valence-electron chi connectivity index (χ2n) is 6.35. The SMILES string of the molecule is Cc1nc(-c2ccccc2)oc1C(=O)NCC(N1CCNCC1)C(F)(F)F. The molecule has 0 bridgehead atoms. The van der Waals surface area contributed by atoms with Gasteiger partial charge in [0.25, 0.3) is 5.91 Å². The van der Waals surface area contributed by atoms with Crippen LogP contribution in [0.5, 0.6) is 0 Å². The minimum Gasteiger partial charge on any atom is -0.431 e. The molecule has 1 aliphatic rings. The van der Waals surface area contributed by atoms with E-state index < -0.39 is 24.7 Å². The number of rotatable bonds is 5. The van der Waals surface area contributed by atoms with E-state index in [4.69, 9.17) is 4.42 Å². The second-order valence-corrected chi connectivity index (χ2v) is 6.35. The maximum atomic E-state index is 13.4. The fraction of sp³-hybridized carbons (Fsp3) is 0.444. The number of aryl methyl sites for hydroxylation is 1. The van der Waals surface area contributed by atoms with Gasteiger partial charge in [0.2, 0.25) is 11.7 Å². The normalized spacial score (nSPS) is 16.9. The summed E-state index contributed by atoms with van der Waals surface area (Å²) in [6.45, 7) is 2.58. The second kappa shape index (κ2) is 8.10. The largest absolute Gasteiger partial charge is 0.431 e. The Kier molecular flexibility index (Phi) is 5.81. The van der Waals surface area contributed by atoms with Gasteiger partial charge in [-0.1, -0.05) is 18.2 Å². The minimum absolute atomic E-state index is 0.0740. The Morgan fingerprint density at radius 3 is 2.59 bits per heavy atom. The first-order chi connectivity index (χ1) is 12.9. The summed E-state index contributed by atoms with van der Waals surface area (Å²) < 4.78 is 45.7. The Morgan fingerprint density at radius 2 is 1.96 bits per heavy atom. The molecule has 1 saturated heterocycles. The summed E-state index contributed by atoms with van der Waals surface area (Å²) in [7, 11) is 0. The number of nitrogens with one attached hydrogen (secondary N) is 2. The number of carbonyl (C=O) groups is 1. The summed E-state index contributed by atoms with van der Waals surface area (Å²) >= 11 is 0. The number of carbonyl (C=O) groups excluding carboxylic acids is 1. The number of amides is 1. The zero-order chi connectivity index (χ0) is 19.4. The van der Waals surface area contributed by atoms with Crippen LogP contribution in [0, 0.1) is 6.92 Å². The van der Waals surface area contributed by atoms with Crippen LogP contribution in [0.4, 0.5) is 13.2 Å². The molecule has 1 aliphatic heterocycles. The lowest BCUT2D eigenvalue weighted by atomic mass is 10.2. The Bertz CT molecular complexity index is 771. The quantitative estimate of drug-likeness (QED) is 0.830. The van der Waals surface area contributed by atoms with Gasteiger partial charge < -0.3 is 15.1 Å². The van der Waals surface area contributed by atoms with E-state index in [0.29, 0.717) is 24.3 Å². The number of halogens is 3. The van der Waals surface area contributed by atoms with E-state index in [9.17, 15) is 18.0 Å². The fourth-order valence-electron chi connectivity index (χ4n) is 3.03. The van der Waals surface area contributed by atoms with E-state index in [2.05, 4.69) is 15.6 Å². The van der Waals surface area contributed by atoms with Crippen LogP contribution in [-0.4, -0.2) is 60.7 Å². The number of hydrogen-bond donors (Lipinski definition) is 2. The van der Waals surface area contributed by atoms with Crippen molar-refractivity contribution in [2.45, 2.75) is 19.1 Å². The van der Waals surface area contributed by atoms with Gasteiger partial charge in [0.15, 0.2) is 0 Å². The molecule has 27 heavy (non-hydrogen) atoms. The zero-order valence-corrected chi connectivity index (χ0v) is 14.8. The summed E-state index contributed by atoms with van der Waals surface area (Å²) in [5.41, 5.74) is 1.02. The smallest absolute Gasteiger partial charge is 0.405 e. The predicted molar refractivity (Wildman–Crippen MR) is 93.3 cm³/mol. The molecule has 0 saturated carbocycles. The maximum absolute atomic E-state index is 13.4. The van der Waals surface area contributed by atoms with Crippen molar-refractivity contribution >= 4 is 5.91 Å². The molecule has 1 atom stereocenters. The highest BCUT2D eigenvalue weighted by Gasteiger charge is 2.44. The molecule has 6 nitrogen and oxygen atoms in total. The highest BCUT2D eigenvalue weighted by atomic mass is 19.4. The first-order valence-electron chi connectivity index (χ1n) is 8.69. The maximum Gasteiger partial charge on any atom is 0.405 e. The van der Waals surface area contributed by atoms with E-state index >= 15 is 0 Å². The predicted octanol–water partition coefficient (Wildman–Crippen LogP) is 2.22. The molecule has 146 valence electrons. The van der Waals surface area contributed by atoms with Crippen LogP contribution in [-0.2, 0) is 0 Å². The molecule has 0 aliphatic carbocycles. The third-order valence-electron chi connectivity index (χ3n) is 4.45. The van der Waals surface area contributed by atoms with Gasteiger partial charge in [-0.25, -0.2) is 4.98 Å². The Labute approximate surface area is 154 Å². The Balaban J connectivity index is 1.70. The van der Waals surface area contributed by atoms with Crippen LogP contribution < -0.4 is 10.6 Å². The van der Waals surface area contributed by atoms with E-state index in [1.807, 2.05) is 6.07 Å². The van der Waals surface area contributed by atoms with Gasteiger partial charge >= 0.3 is 6.18 Å². The molecule has 1 amide bonds. The van der Waals surface area contributed by atoms with Gasteiger partial charge in [-0.3, -0.25) is 9.69 Å². The lowest BCUT2D eigenvalue weighted by molar-refractivity contribution is -0.183. The van der Waals surface area contributed by atoms with Crippen molar-refractivity contribution in [1.82, 2.24) is 20.5 Å². The first kappa shape index (κ1) is 19.4. The van der Waals surface area contributed by atoms with Crippen LogP contribution in [0.3, 0.4) is 0 Å². The average molecular weight is 382 g/mol. The summed E-state index contributed by atoms with van der Waals surface area (Å²) in [6, 6.07) is 7.25. The van der Waals surface area contributed by atoms with Gasteiger partial charge in [0, 0.05) is 38.3 Å². The summed E-state index contributed by atoms with van der Waals surface area (Å²) in [5, 5.41) is 5.37. The number of aromatic nitrogens is 1. The lowest BCUT2D eigenvalue weighted by Gasteiger charge is -2.35. The molecule has 1 aromatic carbocycles. The number of nitrogens with zero attached hydrogens (tertiary/aromatic N) is 2. The van der Waals surface area contributed by atoms with Crippen LogP contribution in [0.2, 0.25) is 0 Å². The molecular weight excluding hydrogens is 361 g/mol. The van der Waals surface area contributed by atoms with Crippen LogP contribution >= 0.6 is 0 Å². The monoisotopic (exact) mass is 382 g/mol. The highest BCUT2D eigenvalue weighted by molar-refractivity contribution is 5.92. The fourth-order valence-corrected chi connectivity index (χ4v) is 3.03. The van der Waals surface area contributed by atoms with Crippen molar-refractivity contribution in [3.63, 3.8) is 0 Å². The van der Waals surface area contributed by atoms with Crippen LogP contribution in [0.25, 0.3) is 11.5 Å². The molecular formula is C18H21F3N4O2. The molecule has 1 unspecified atom stereocenters. The molecule has 9 heteroatoms. The van der Waals surface area contributed by atoms with Gasteiger partial charge in [-0.05, 0) is 19.1 Å². The minimum atomic E-state index is -4.43. The molecule has 1 aromatic heterocycles. The van der Waals surface area contributed by atoms with Crippen molar-refractivity contribution in [1.29, 1.82) is 0 Å².